The quantitative estimate of drug-likeness (QED) is 0.806. The number of rotatable bonds is 5. The molecule has 0 bridgehead atoms. The van der Waals surface area contributed by atoms with Crippen LogP contribution in [-0.2, 0) is 0 Å². The number of unbranched alkanes of at least 4 members (excludes halogenated alkanes) is 1. The molecular formula is C11H17Cl2FN2. The number of benzene rings is 1. The molecule has 0 aliphatic rings. The maximum atomic E-state index is 12.8. The predicted molar refractivity (Wildman–Crippen MR) is 68.5 cm³/mol. The van der Waals surface area contributed by atoms with E-state index in [-0.39, 0.29) is 24.3 Å². The summed E-state index contributed by atoms with van der Waals surface area (Å²) in [5.41, 5.74) is 12.1. The van der Waals surface area contributed by atoms with Crippen molar-refractivity contribution in [2.75, 3.05) is 6.54 Å². The fourth-order valence-corrected chi connectivity index (χ4v) is 1.77. The van der Waals surface area contributed by atoms with E-state index in [0.717, 1.165) is 24.8 Å². The Morgan fingerprint density at radius 2 is 2.00 bits per heavy atom. The molecule has 0 aliphatic heterocycles. The molecule has 1 aromatic carbocycles. The molecule has 0 heterocycles. The molecule has 2 nitrogen and oxygen atoms in total. The Labute approximate surface area is 107 Å². The third-order valence-electron chi connectivity index (χ3n) is 2.33. The van der Waals surface area contributed by atoms with Crippen LogP contribution in [0.4, 0.5) is 4.39 Å². The van der Waals surface area contributed by atoms with Crippen molar-refractivity contribution < 1.29 is 4.39 Å². The summed E-state index contributed by atoms with van der Waals surface area (Å²) in [7, 11) is 0. The molecule has 1 rings (SSSR count). The fraction of sp³-hybridized carbons (Fsp3) is 0.455. The third kappa shape index (κ3) is 4.66. The van der Waals surface area contributed by atoms with Crippen molar-refractivity contribution in [3.05, 3.63) is 34.6 Å². The number of nitrogens with two attached hydrogens (primary N) is 2. The first kappa shape index (κ1) is 15.7. The minimum absolute atomic E-state index is 0. The minimum Gasteiger partial charge on any atom is -0.330 e. The lowest BCUT2D eigenvalue weighted by molar-refractivity contribution is 0.587. The summed E-state index contributed by atoms with van der Waals surface area (Å²) in [6, 6.07) is 4.18. The Hall–Kier alpha value is -0.350. The summed E-state index contributed by atoms with van der Waals surface area (Å²) < 4.78 is 12.8. The van der Waals surface area contributed by atoms with Crippen LogP contribution < -0.4 is 11.5 Å². The molecule has 92 valence electrons. The lowest BCUT2D eigenvalue weighted by Crippen LogP contribution is -2.11. The predicted octanol–water partition coefficient (Wildman–Crippen LogP) is 3.03. The standard InChI is InChI=1S/C11H16ClFN2.ClH/c12-10-7-8(13)4-5-9(10)11(15)3-1-2-6-14;/h4-5,7,11H,1-3,6,14-15H2;1H/t11-;/m0./s1. The first-order valence-corrected chi connectivity index (χ1v) is 5.43. The highest BCUT2D eigenvalue weighted by atomic mass is 35.5. The van der Waals surface area contributed by atoms with Crippen molar-refractivity contribution >= 4 is 24.0 Å². The molecule has 0 spiro atoms. The third-order valence-corrected chi connectivity index (χ3v) is 2.66. The van der Waals surface area contributed by atoms with E-state index in [9.17, 15) is 4.39 Å². The Balaban J connectivity index is 0.00000225. The molecule has 1 aromatic rings. The smallest absolute Gasteiger partial charge is 0.124 e. The van der Waals surface area contributed by atoms with Crippen LogP contribution in [0.15, 0.2) is 18.2 Å². The maximum absolute atomic E-state index is 12.8. The lowest BCUT2D eigenvalue weighted by Gasteiger charge is -2.13. The van der Waals surface area contributed by atoms with E-state index in [1.165, 1.54) is 12.1 Å². The van der Waals surface area contributed by atoms with Gasteiger partial charge in [-0.25, -0.2) is 4.39 Å². The van der Waals surface area contributed by atoms with Gasteiger partial charge in [0.2, 0.25) is 0 Å². The normalized spacial score (nSPS) is 12.0. The zero-order valence-electron chi connectivity index (χ0n) is 8.96. The van der Waals surface area contributed by atoms with E-state index in [1.807, 2.05) is 0 Å². The summed E-state index contributed by atoms with van der Waals surface area (Å²) in [5, 5.41) is 0.398. The number of hydrogen-bond donors (Lipinski definition) is 2. The van der Waals surface area contributed by atoms with Crippen LogP contribution in [-0.4, -0.2) is 6.54 Å². The van der Waals surface area contributed by atoms with Crippen molar-refractivity contribution in [1.29, 1.82) is 0 Å². The van der Waals surface area contributed by atoms with Gasteiger partial charge in [-0.15, -0.1) is 12.4 Å². The summed E-state index contributed by atoms with van der Waals surface area (Å²) >= 11 is 5.89. The van der Waals surface area contributed by atoms with Gasteiger partial charge in [0.05, 0.1) is 0 Å². The first-order chi connectivity index (χ1) is 7.15. The highest BCUT2D eigenvalue weighted by Crippen LogP contribution is 2.25. The van der Waals surface area contributed by atoms with Gasteiger partial charge in [0.15, 0.2) is 0 Å². The molecule has 0 fully saturated rings. The Morgan fingerprint density at radius 3 is 2.56 bits per heavy atom. The van der Waals surface area contributed by atoms with Crippen molar-refractivity contribution in [1.82, 2.24) is 0 Å². The number of hydrogen-bond acceptors (Lipinski definition) is 2. The minimum atomic E-state index is -0.335. The van der Waals surface area contributed by atoms with Crippen LogP contribution in [0.2, 0.25) is 5.02 Å². The van der Waals surface area contributed by atoms with Gasteiger partial charge in [0, 0.05) is 11.1 Å². The summed E-state index contributed by atoms with van der Waals surface area (Å²) in [6.45, 7) is 0.671. The molecule has 0 unspecified atom stereocenters. The van der Waals surface area contributed by atoms with Gasteiger partial charge in [0.25, 0.3) is 0 Å². The van der Waals surface area contributed by atoms with Crippen molar-refractivity contribution in [2.24, 2.45) is 11.5 Å². The Kier molecular flexibility index (Phi) is 7.68. The average Bonchev–Trinajstić information content (AvgIpc) is 2.17. The van der Waals surface area contributed by atoms with E-state index in [2.05, 4.69) is 0 Å². The lowest BCUT2D eigenvalue weighted by atomic mass is 10.0. The van der Waals surface area contributed by atoms with Crippen molar-refractivity contribution in [3.63, 3.8) is 0 Å². The molecule has 0 saturated carbocycles. The van der Waals surface area contributed by atoms with Crippen LogP contribution in [0.25, 0.3) is 0 Å². The molecular weight excluding hydrogens is 250 g/mol. The van der Waals surface area contributed by atoms with E-state index < -0.39 is 0 Å². The summed E-state index contributed by atoms with van der Waals surface area (Å²) in [5.74, 6) is -0.335. The van der Waals surface area contributed by atoms with Crippen molar-refractivity contribution in [2.45, 2.75) is 25.3 Å². The molecule has 0 aromatic heterocycles. The molecule has 0 aliphatic carbocycles. The van der Waals surface area contributed by atoms with Crippen molar-refractivity contribution in [3.8, 4) is 0 Å². The zero-order chi connectivity index (χ0) is 11.3. The highest BCUT2D eigenvalue weighted by molar-refractivity contribution is 6.31. The van der Waals surface area contributed by atoms with Crippen LogP contribution in [0.1, 0.15) is 30.9 Å². The van der Waals surface area contributed by atoms with Gasteiger partial charge in [-0.3, -0.25) is 0 Å². The molecule has 5 heteroatoms. The monoisotopic (exact) mass is 266 g/mol. The fourth-order valence-electron chi connectivity index (χ4n) is 1.47. The van der Waals surface area contributed by atoms with Crippen LogP contribution >= 0.6 is 24.0 Å². The van der Waals surface area contributed by atoms with Crippen LogP contribution in [0.5, 0.6) is 0 Å². The maximum Gasteiger partial charge on any atom is 0.124 e. The highest BCUT2D eigenvalue weighted by Gasteiger charge is 2.10. The second kappa shape index (κ2) is 7.85. The molecule has 16 heavy (non-hydrogen) atoms. The van der Waals surface area contributed by atoms with E-state index in [4.69, 9.17) is 23.1 Å². The average molecular weight is 267 g/mol. The van der Waals surface area contributed by atoms with Gasteiger partial charge < -0.3 is 11.5 Å². The van der Waals surface area contributed by atoms with Gasteiger partial charge >= 0.3 is 0 Å². The number of halogens is 3. The van der Waals surface area contributed by atoms with E-state index in [1.54, 1.807) is 6.07 Å². The zero-order valence-corrected chi connectivity index (χ0v) is 10.5. The Bertz CT molecular complexity index is 321. The van der Waals surface area contributed by atoms with Gasteiger partial charge in [-0.2, -0.15) is 0 Å². The topological polar surface area (TPSA) is 52.0 Å². The second-order valence-corrected chi connectivity index (χ2v) is 3.96. The van der Waals surface area contributed by atoms with Gasteiger partial charge in [0.1, 0.15) is 5.82 Å². The second-order valence-electron chi connectivity index (χ2n) is 3.56. The molecule has 0 saturated heterocycles. The van der Waals surface area contributed by atoms with E-state index >= 15 is 0 Å². The SMILES string of the molecule is Cl.NCCCC[C@H](N)c1ccc(F)cc1Cl. The van der Waals surface area contributed by atoms with Crippen LogP contribution in [0, 0.1) is 5.82 Å². The van der Waals surface area contributed by atoms with Crippen LogP contribution in [0.3, 0.4) is 0 Å². The van der Waals surface area contributed by atoms with Gasteiger partial charge in [-0.1, -0.05) is 24.1 Å². The molecule has 0 radical (unpaired) electrons. The molecule has 4 N–H and O–H groups in total. The Morgan fingerprint density at radius 1 is 1.31 bits per heavy atom. The first-order valence-electron chi connectivity index (χ1n) is 5.05. The molecule has 1 atom stereocenters. The summed E-state index contributed by atoms with van der Waals surface area (Å²) in [4.78, 5) is 0. The van der Waals surface area contributed by atoms with E-state index in [0.29, 0.717) is 11.6 Å². The summed E-state index contributed by atoms with van der Waals surface area (Å²) in [6.07, 6.45) is 2.74. The molecule has 0 amide bonds. The van der Waals surface area contributed by atoms with Gasteiger partial charge in [-0.05, 0) is 37.1 Å². The largest absolute Gasteiger partial charge is 0.330 e.